The van der Waals surface area contributed by atoms with E-state index in [0.717, 1.165) is 19.4 Å². The predicted molar refractivity (Wildman–Crippen MR) is 93.7 cm³/mol. The van der Waals surface area contributed by atoms with E-state index in [-0.39, 0.29) is 5.41 Å². The number of hydrogen-bond donors (Lipinski definition) is 0. The summed E-state index contributed by atoms with van der Waals surface area (Å²) in [7, 11) is 4.14. The molecule has 1 unspecified atom stereocenters. The molecule has 0 radical (unpaired) electrons. The Bertz CT molecular complexity index is 661. The van der Waals surface area contributed by atoms with Crippen LogP contribution in [-0.4, -0.2) is 25.5 Å². The summed E-state index contributed by atoms with van der Waals surface area (Å²) in [6.45, 7) is 5.28. The smallest absolute Gasteiger partial charge is 0.0696 e. The lowest BCUT2D eigenvalue weighted by molar-refractivity contribution is 0.221. The molecule has 22 heavy (non-hydrogen) atoms. The van der Waals surface area contributed by atoms with Crippen molar-refractivity contribution in [1.29, 1.82) is 5.26 Å². The average Bonchev–Trinajstić information content (AvgIpc) is 2.51. The number of hydrogen-bond acceptors (Lipinski definition) is 2. The van der Waals surface area contributed by atoms with Gasteiger partial charge in [0.15, 0.2) is 0 Å². The standard InChI is InChI=1S/C20H26N2/c1-16(2)20(15-21,12-13-22(3)4)14-18-10-7-9-17-8-5-6-11-19(17)18/h5-11,16H,12-14H2,1-4H3. The van der Waals surface area contributed by atoms with Crippen LogP contribution in [0.25, 0.3) is 10.8 Å². The van der Waals surface area contributed by atoms with E-state index < -0.39 is 0 Å². The van der Waals surface area contributed by atoms with Crippen LogP contribution in [0.5, 0.6) is 0 Å². The van der Waals surface area contributed by atoms with Gasteiger partial charge in [0, 0.05) is 0 Å². The molecule has 0 saturated heterocycles. The Morgan fingerprint density at radius 3 is 2.41 bits per heavy atom. The van der Waals surface area contributed by atoms with E-state index in [1.165, 1.54) is 16.3 Å². The van der Waals surface area contributed by atoms with Gasteiger partial charge in [-0.2, -0.15) is 5.26 Å². The minimum absolute atomic E-state index is 0.311. The third kappa shape index (κ3) is 3.48. The Morgan fingerprint density at radius 1 is 1.09 bits per heavy atom. The molecule has 0 aromatic heterocycles. The van der Waals surface area contributed by atoms with Crippen LogP contribution < -0.4 is 0 Å². The normalized spacial score (nSPS) is 14.2. The summed E-state index contributed by atoms with van der Waals surface area (Å²) >= 11 is 0. The fraction of sp³-hybridized carbons (Fsp3) is 0.450. The summed E-state index contributed by atoms with van der Waals surface area (Å²) in [5.41, 5.74) is 0.973. The van der Waals surface area contributed by atoms with Crippen molar-refractivity contribution in [3.63, 3.8) is 0 Å². The molecule has 2 aromatic carbocycles. The number of nitrogens with zero attached hydrogens (tertiary/aromatic N) is 2. The summed E-state index contributed by atoms with van der Waals surface area (Å²) < 4.78 is 0. The maximum atomic E-state index is 9.92. The molecule has 0 bridgehead atoms. The van der Waals surface area contributed by atoms with Gasteiger partial charge in [0.2, 0.25) is 0 Å². The van der Waals surface area contributed by atoms with Crippen LogP contribution in [0, 0.1) is 22.7 Å². The summed E-state index contributed by atoms with van der Waals surface area (Å²) in [6.07, 6.45) is 1.72. The van der Waals surface area contributed by atoms with Crippen LogP contribution in [-0.2, 0) is 6.42 Å². The van der Waals surface area contributed by atoms with Gasteiger partial charge in [0.1, 0.15) is 0 Å². The second kappa shape index (κ2) is 6.94. The molecule has 0 aliphatic carbocycles. The maximum absolute atomic E-state index is 9.92. The summed E-state index contributed by atoms with van der Waals surface area (Å²) in [4.78, 5) is 2.16. The Balaban J connectivity index is 2.39. The monoisotopic (exact) mass is 294 g/mol. The Morgan fingerprint density at radius 2 is 1.77 bits per heavy atom. The minimum atomic E-state index is -0.311. The fourth-order valence-electron chi connectivity index (χ4n) is 3.02. The number of nitriles is 1. The molecule has 0 spiro atoms. The molecule has 0 N–H and O–H groups in total. The molecule has 1 atom stereocenters. The summed E-state index contributed by atoms with van der Waals surface area (Å²) in [6, 6.07) is 17.5. The zero-order chi connectivity index (χ0) is 16.2. The second-order valence-corrected chi connectivity index (χ2v) is 6.79. The van der Waals surface area contributed by atoms with E-state index in [9.17, 15) is 5.26 Å². The molecular weight excluding hydrogens is 268 g/mol. The van der Waals surface area contributed by atoms with Gasteiger partial charge in [0.05, 0.1) is 11.5 Å². The maximum Gasteiger partial charge on any atom is 0.0696 e. The van der Waals surface area contributed by atoms with Crippen molar-refractivity contribution in [2.45, 2.75) is 26.7 Å². The van der Waals surface area contributed by atoms with Crippen LogP contribution in [0.2, 0.25) is 0 Å². The molecule has 2 nitrogen and oxygen atoms in total. The van der Waals surface area contributed by atoms with Crippen molar-refractivity contribution in [3.8, 4) is 6.07 Å². The van der Waals surface area contributed by atoms with Crippen LogP contribution in [0.1, 0.15) is 25.8 Å². The zero-order valence-corrected chi connectivity index (χ0v) is 14.1. The number of fused-ring (bicyclic) bond motifs is 1. The highest BCUT2D eigenvalue weighted by Gasteiger charge is 2.34. The molecule has 0 heterocycles. The second-order valence-electron chi connectivity index (χ2n) is 6.79. The lowest BCUT2D eigenvalue weighted by atomic mass is 9.71. The van der Waals surface area contributed by atoms with Crippen LogP contribution in [0.15, 0.2) is 42.5 Å². The van der Waals surface area contributed by atoms with Crippen molar-refractivity contribution in [1.82, 2.24) is 4.90 Å². The van der Waals surface area contributed by atoms with Crippen LogP contribution >= 0.6 is 0 Å². The minimum Gasteiger partial charge on any atom is -0.309 e. The molecule has 0 aliphatic rings. The first kappa shape index (κ1) is 16.5. The van der Waals surface area contributed by atoms with Gasteiger partial charge in [-0.15, -0.1) is 0 Å². The first-order valence-electron chi connectivity index (χ1n) is 8.01. The SMILES string of the molecule is CC(C)C(C#N)(CCN(C)C)Cc1cccc2ccccc12. The topological polar surface area (TPSA) is 27.0 Å². The third-order valence-corrected chi connectivity index (χ3v) is 4.72. The summed E-state index contributed by atoms with van der Waals surface area (Å²) in [5, 5.41) is 12.5. The van der Waals surface area contributed by atoms with Gasteiger partial charge in [-0.05, 0) is 55.7 Å². The van der Waals surface area contributed by atoms with Gasteiger partial charge in [0.25, 0.3) is 0 Å². The highest BCUT2D eigenvalue weighted by molar-refractivity contribution is 5.85. The van der Waals surface area contributed by atoms with Gasteiger partial charge >= 0.3 is 0 Å². The Kier molecular flexibility index (Phi) is 5.21. The van der Waals surface area contributed by atoms with E-state index >= 15 is 0 Å². The van der Waals surface area contributed by atoms with Crippen molar-refractivity contribution >= 4 is 10.8 Å². The lowest BCUT2D eigenvalue weighted by Gasteiger charge is -2.32. The average molecular weight is 294 g/mol. The quantitative estimate of drug-likeness (QED) is 0.784. The van der Waals surface area contributed by atoms with Crippen molar-refractivity contribution in [2.75, 3.05) is 20.6 Å². The first-order chi connectivity index (χ1) is 10.5. The molecular formula is C20H26N2. The Hall–Kier alpha value is -1.85. The van der Waals surface area contributed by atoms with Gasteiger partial charge in [-0.1, -0.05) is 56.3 Å². The van der Waals surface area contributed by atoms with E-state index in [1.54, 1.807) is 0 Å². The van der Waals surface area contributed by atoms with Crippen molar-refractivity contribution in [3.05, 3.63) is 48.0 Å². The number of benzene rings is 2. The molecule has 0 aliphatic heterocycles. The summed E-state index contributed by atoms with van der Waals surface area (Å²) in [5.74, 6) is 0.330. The Labute approximate surface area is 134 Å². The number of rotatable bonds is 6. The molecule has 2 rings (SSSR count). The van der Waals surface area contributed by atoms with E-state index in [2.05, 4.69) is 81.4 Å². The lowest BCUT2D eigenvalue weighted by Crippen LogP contribution is -2.32. The molecule has 116 valence electrons. The largest absolute Gasteiger partial charge is 0.309 e. The predicted octanol–water partition coefficient (Wildman–Crippen LogP) is 4.50. The third-order valence-electron chi connectivity index (χ3n) is 4.72. The highest BCUT2D eigenvalue weighted by Crippen LogP contribution is 2.36. The highest BCUT2D eigenvalue weighted by atomic mass is 15.0. The zero-order valence-electron chi connectivity index (χ0n) is 14.1. The fourth-order valence-corrected chi connectivity index (χ4v) is 3.02. The molecule has 0 fully saturated rings. The van der Waals surface area contributed by atoms with Crippen molar-refractivity contribution in [2.24, 2.45) is 11.3 Å². The van der Waals surface area contributed by atoms with Gasteiger partial charge in [-0.25, -0.2) is 0 Å². The van der Waals surface area contributed by atoms with E-state index in [4.69, 9.17) is 0 Å². The van der Waals surface area contributed by atoms with E-state index in [0.29, 0.717) is 5.92 Å². The molecule has 0 amide bonds. The van der Waals surface area contributed by atoms with Gasteiger partial charge < -0.3 is 4.90 Å². The van der Waals surface area contributed by atoms with Crippen LogP contribution in [0.3, 0.4) is 0 Å². The van der Waals surface area contributed by atoms with Crippen molar-refractivity contribution < 1.29 is 0 Å². The molecule has 2 aromatic rings. The molecule has 2 heteroatoms. The van der Waals surface area contributed by atoms with E-state index in [1.807, 2.05) is 0 Å². The molecule has 0 saturated carbocycles. The van der Waals surface area contributed by atoms with Crippen LogP contribution in [0.4, 0.5) is 0 Å². The van der Waals surface area contributed by atoms with Gasteiger partial charge in [-0.3, -0.25) is 0 Å². The first-order valence-corrected chi connectivity index (χ1v) is 8.01.